The second-order valence-electron chi connectivity index (χ2n) is 0.994. The molecule has 0 aromatic carbocycles. The van der Waals surface area contributed by atoms with Gasteiger partial charge in [0.15, 0.2) is 0 Å². The highest BCUT2D eigenvalue weighted by atomic mass is 15.9. The van der Waals surface area contributed by atoms with Gasteiger partial charge in [0.2, 0.25) is 0 Å². The maximum absolute atomic E-state index is 4.96. The zero-order valence-corrected chi connectivity index (χ0v) is 5.29. The molecule has 0 saturated carbocycles. The van der Waals surface area contributed by atoms with Crippen molar-refractivity contribution in [1.29, 1.82) is 0 Å². The summed E-state index contributed by atoms with van der Waals surface area (Å²) < 4.78 is 0. The van der Waals surface area contributed by atoms with Crippen LogP contribution in [0.5, 0.6) is 0 Å². The van der Waals surface area contributed by atoms with Crippen molar-refractivity contribution in [1.82, 2.24) is 5.23 Å². The first-order valence-corrected chi connectivity index (χ1v) is 2.16. The van der Waals surface area contributed by atoms with E-state index in [0.29, 0.717) is 5.23 Å². The van der Waals surface area contributed by atoms with Gasteiger partial charge >= 0.3 is 0 Å². The molecule has 4 N–H and O–H groups in total. The van der Waals surface area contributed by atoms with E-state index in [-0.39, 0.29) is 0 Å². The van der Waals surface area contributed by atoms with Crippen molar-refractivity contribution in [3.63, 3.8) is 0 Å². The molecule has 0 bridgehead atoms. The van der Waals surface area contributed by atoms with E-state index in [0.717, 1.165) is 0 Å². The largest absolute Gasteiger partial charge is 0.303 e. The zero-order valence-electron chi connectivity index (χ0n) is 5.29. The standard InChI is InChI=1S/CH7N9/c1-4-6-7-9-10(3)8-5-2/h3H2,1H3,(H2,2,8). The highest BCUT2D eigenvalue weighted by Gasteiger charge is 1.82. The van der Waals surface area contributed by atoms with Crippen molar-refractivity contribution in [3.8, 4) is 0 Å². The van der Waals surface area contributed by atoms with Gasteiger partial charge in [0.25, 0.3) is 0 Å². The van der Waals surface area contributed by atoms with Crippen LogP contribution in [0.25, 0.3) is 0 Å². The molecule has 56 valence electrons. The van der Waals surface area contributed by atoms with E-state index in [2.05, 4.69) is 37.1 Å². The Morgan fingerprint density at radius 3 is 2.40 bits per heavy atom. The van der Waals surface area contributed by atoms with Crippen LogP contribution in [0.2, 0.25) is 0 Å². The van der Waals surface area contributed by atoms with E-state index < -0.39 is 0 Å². The lowest BCUT2D eigenvalue weighted by Gasteiger charge is -1.94. The number of rotatable bonds is 3. The third-order valence-electron chi connectivity index (χ3n) is 0.404. The van der Waals surface area contributed by atoms with Crippen molar-refractivity contribution in [2.45, 2.75) is 0 Å². The van der Waals surface area contributed by atoms with E-state index >= 15 is 0 Å². The first-order valence-electron chi connectivity index (χ1n) is 2.16. The SMILES string of the molecule is CN=NN=NN(N)N=NN. The van der Waals surface area contributed by atoms with Crippen LogP contribution >= 0.6 is 0 Å². The van der Waals surface area contributed by atoms with Gasteiger partial charge in [0.05, 0.1) is 7.05 Å². The van der Waals surface area contributed by atoms with Crippen molar-refractivity contribution in [2.75, 3.05) is 7.05 Å². The van der Waals surface area contributed by atoms with Crippen LogP contribution in [0.4, 0.5) is 0 Å². The quantitative estimate of drug-likeness (QED) is 0.323. The lowest BCUT2D eigenvalue weighted by Crippen LogP contribution is -2.17. The molecular formula is CH7N9. The van der Waals surface area contributed by atoms with Crippen molar-refractivity contribution < 1.29 is 0 Å². The van der Waals surface area contributed by atoms with E-state index in [9.17, 15) is 0 Å². The molecule has 0 radical (unpaired) electrons. The molecule has 9 heteroatoms. The Morgan fingerprint density at radius 2 is 1.90 bits per heavy atom. The van der Waals surface area contributed by atoms with E-state index in [4.69, 9.17) is 5.84 Å². The number of hydrogen-bond donors (Lipinski definition) is 2. The van der Waals surface area contributed by atoms with Crippen LogP contribution in [0.15, 0.2) is 31.2 Å². The lowest BCUT2D eigenvalue weighted by molar-refractivity contribution is 0.265. The molecule has 0 aliphatic heterocycles. The fourth-order valence-electron chi connectivity index (χ4n) is 0.170. The molecule has 0 saturated heterocycles. The summed E-state index contributed by atoms with van der Waals surface area (Å²) in [5.74, 6) is 9.57. The van der Waals surface area contributed by atoms with Gasteiger partial charge in [-0.15, -0.1) is 0 Å². The zero-order chi connectivity index (χ0) is 7.82. The average molecular weight is 145 g/mol. The van der Waals surface area contributed by atoms with Gasteiger partial charge in [-0.1, -0.05) is 10.5 Å². The van der Waals surface area contributed by atoms with Gasteiger partial charge in [-0.25, -0.2) is 5.84 Å². The Balaban J connectivity index is 3.65. The highest BCUT2D eigenvalue weighted by Crippen LogP contribution is 1.83. The second kappa shape index (κ2) is 5.50. The number of nitrogens with zero attached hydrogens (tertiary/aromatic N) is 7. The monoisotopic (exact) mass is 145 g/mol. The Bertz CT molecular complexity index is 143. The Labute approximate surface area is 56.4 Å². The predicted octanol–water partition coefficient (Wildman–Crippen LogP) is -0.233. The third kappa shape index (κ3) is 4.52. The maximum atomic E-state index is 4.96. The molecule has 0 spiro atoms. The molecule has 0 atom stereocenters. The van der Waals surface area contributed by atoms with Crippen molar-refractivity contribution in [2.24, 2.45) is 42.9 Å². The molecule has 0 amide bonds. The third-order valence-corrected chi connectivity index (χ3v) is 0.404. The first-order chi connectivity index (χ1) is 4.81. The Kier molecular flexibility index (Phi) is 4.59. The smallest absolute Gasteiger partial charge is 0.0510 e. The Morgan fingerprint density at radius 1 is 1.20 bits per heavy atom. The van der Waals surface area contributed by atoms with Crippen LogP contribution in [0.1, 0.15) is 0 Å². The summed E-state index contributed by atoms with van der Waals surface area (Å²) in [6.45, 7) is 0. The summed E-state index contributed by atoms with van der Waals surface area (Å²) in [7, 11) is 1.43. The fourth-order valence-corrected chi connectivity index (χ4v) is 0.170. The van der Waals surface area contributed by atoms with Gasteiger partial charge in [0, 0.05) is 0 Å². The van der Waals surface area contributed by atoms with Crippen LogP contribution < -0.4 is 11.7 Å². The van der Waals surface area contributed by atoms with Gasteiger partial charge in [-0.2, -0.15) is 5.11 Å². The highest BCUT2D eigenvalue weighted by molar-refractivity contribution is 4.12. The Hall–Kier alpha value is -1.64. The van der Waals surface area contributed by atoms with Crippen molar-refractivity contribution in [3.05, 3.63) is 0 Å². The molecule has 0 aromatic rings. The molecule has 9 nitrogen and oxygen atoms in total. The van der Waals surface area contributed by atoms with E-state index in [1.165, 1.54) is 7.05 Å². The fraction of sp³-hybridized carbons (Fsp3) is 1.00. The molecule has 0 rings (SSSR count). The normalized spacial score (nSPS) is 12.2. The molecule has 0 heterocycles. The summed E-state index contributed by atoms with van der Waals surface area (Å²) in [6.07, 6.45) is 0. The summed E-state index contributed by atoms with van der Waals surface area (Å²) in [5, 5.41) is 19.0. The van der Waals surface area contributed by atoms with Crippen LogP contribution in [0, 0.1) is 0 Å². The molecule has 0 fully saturated rings. The maximum Gasteiger partial charge on any atom is 0.0510 e. The van der Waals surface area contributed by atoms with Gasteiger partial charge in [0.1, 0.15) is 0 Å². The topological polar surface area (TPSA) is 129 Å². The minimum Gasteiger partial charge on any atom is -0.303 e. The number of hydrazine groups is 1. The van der Waals surface area contributed by atoms with Gasteiger partial charge < -0.3 is 5.84 Å². The first kappa shape index (κ1) is 8.36. The van der Waals surface area contributed by atoms with E-state index in [1.54, 1.807) is 0 Å². The number of hydrogen-bond acceptors (Lipinski definition) is 5. The van der Waals surface area contributed by atoms with Crippen LogP contribution in [-0.2, 0) is 0 Å². The van der Waals surface area contributed by atoms with Crippen LogP contribution in [-0.4, -0.2) is 12.3 Å². The van der Waals surface area contributed by atoms with Gasteiger partial charge in [-0.3, -0.25) is 0 Å². The lowest BCUT2D eigenvalue weighted by atomic mass is 11.6. The molecule has 0 aromatic heterocycles. The summed E-state index contributed by atoms with van der Waals surface area (Å²) in [5.41, 5.74) is 0. The summed E-state index contributed by atoms with van der Waals surface area (Å²) in [4.78, 5) is 0. The minimum atomic E-state index is 0.550. The molecule has 0 aliphatic carbocycles. The van der Waals surface area contributed by atoms with Crippen LogP contribution in [0.3, 0.4) is 0 Å². The second-order valence-corrected chi connectivity index (χ2v) is 0.994. The number of nitrogens with two attached hydrogens (primary N) is 2. The molecule has 0 aliphatic rings. The van der Waals surface area contributed by atoms with Gasteiger partial charge in [-0.05, 0) is 20.9 Å². The molecule has 10 heavy (non-hydrogen) atoms. The molecule has 0 unspecified atom stereocenters. The minimum absolute atomic E-state index is 0.550. The summed E-state index contributed by atoms with van der Waals surface area (Å²) >= 11 is 0. The van der Waals surface area contributed by atoms with Crippen molar-refractivity contribution >= 4 is 0 Å². The molecular weight excluding hydrogens is 138 g/mol. The average Bonchev–Trinajstić information content (AvgIpc) is 1.89. The van der Waals surface area contributed by atoms with E-state index in [1.807, 2.05) is 0 Å². The predicted molar refractivity (Wildman–Crippen MR) is 30.7 cm³/mol. The summed E-state index contributed by atoms with van der Waals surface area (Å²) in [6, 6.07) is 0.